The van der Waals surface area contributed by atoms with E-state index in [4.69, 9.17) is 0 Å². The molecule has 1 saturated heterocycles. The van der Waals surface area contributed by atoms with Gasteiger partial charge in [0, 0.05) is 13.1 Å². The van der Waals surface area contributed by atoms with Crippen LogP contribution in [0.5, 0.6) is 0 Å². The Balaban J connectivity index is 2.01. The summed E-state index contributed by atoms with van der Waals surface area (Å²) >= 11 is 0. The van der Waals surface area contributed by atoms with Crippen LogP contribution in [0.3, 0.4) is 0 Å². The molecule has 0 atom stereocenters. The number of carbonyl (C=O) groups is 1. The van der Waals surface area contributed by atoms with E-state index in [0.29, 0.717) is 30.1 Å². The van der Waals surface area contributed by atoms with Gasteiger partial charge in [-0.3, -0.25) is 4.79 Å². The van der Waals surface area contributed by atoms with E-state index in [2.05, 4.69) is 6.92 Å². The first kappa shape index (κ1) is 15.8. The van der Waals surface area contributed by atoms with Crippen LogP contribution in [0.1, 0.15) is 30.9 Å². The highest BCUT2D eigenvalue weighted by Gasteiger charge is 2.43. The normalized spacial score (nSPS) is 16.3. The molecule has 0 aliphatic carbocycles. The van der Waals surface area contributed by atoms with Gasteiger partial charge in [-0.1, -0.05) is 67.6 Å². The SMILES string of the molecule is CC1CCN(C(=O)C(O)(c2ccccc2)c2ccccc2)CC1. The van der Waals surface area contributed by atoms with Crippen molar-refractivity contribution in [3.8, 4) is 0 Å². The van der Waals surface area contributed by atoms with Gasteiger partial charge < -0.3 is 10.0 Å². The maximum absolute atomic E-state index is 13.2. The molecule has 1 heterocycles. The molecule has 1 amide bonds. The van der Waals surface area contributed by atoms with Crippen LogP contribution in [-0.2, 0) is 10.4 Å². The molecule has 0 saturated carbocycles. The molecule has 0 radical (unpaired) electrons. The average Bonchev–Trinajstić information content (AvgIpc) is 2.62. The Hall–Kier alpha value is -2.13. The highest BCUT2D eigenvalue weighted by molar-refractivity contribution is 5.90. The van der Waals surface area contributed by atoms with Crippen molar-refractivity contribution in [3.05, 3.63) is 71.8 Å². The maximum Gasteiger partial charge on any atom is 0.263 e. The van der Waals surface area contributed by atoms with E-state index in [1.807, 2.05) is 60.7 Å². The average molecular weight is 309 g/mol. The van der Waals surface area contributed by atoms with Gasteiger partial charge in [-0.25, -0.2) is 0 Å². The van der Waals surface area contributed by atoms with Crippen LogP contribution in [0.4, 0.5) is 0 Å². The number of aliphatic hydroxyl groups is 1. The molecule has 2 aromatic rings. The van der Waals surface area contributed by atoms with Crippen LogP contribution in [0.15, 0.2) is 60.7 Å². The second-order valence-electron chi connectivity index (χ2n) is 6.42. The summed E-state index contributed by atoms with van der Waals surface area (Å²) in [5.41, 5.74) is -0.382. The summed E-state index contributed by atoms with van der Waals surface area (Å²) in [5, 5.41) is 11.4. The standard InChI is InChI=1S/C20H23NO2/c1-16-12-14-21(15-13-16)19(22)20(23,17-8-4-2-5-9-17)18-10-6-3-7-11-18/h2-11,16,23H,12-15H2,1H3. The van der Waals surface area contributed by atoms with E-state index >= 15 is 0 Å². The zero-order valence-electron chi connectivity index (χ0n) is 13.5. The van der Waals surface area contributed by atoms with Crippen molar-refractivity contribution in [2.45, 2.75) is 25.4 Å². The Morgan fingerprint density at radius 2 is 1.39 bits per heavy atom. The van der Waals surface area contributed by atoms with Gasteiger partial charge in [0.25, 0.3) is 5.91 Å². The molecule has 1 fully saturated rings. The number of benzene rings is 2. The summed E-state index contributed by atoms with van der Waals surface area (Å²) in [4.78, 5) is 15.0. The topological polar surface area (TPSA) is 40.5 Å². The number of hydrogen-bond acceptors (Lipinski definition) is 2. The predicted octanol–water partition coefficient (Wildman–Crippen LogP) is 3.18. The van der Waals surface area contributed by atoms with E-state index in [1.165, 1.54) is 0 Å². The number of nitrogens with zero attached hydrogens (tertiary/aromatic N) is 1. The summed E-state index contributed by atoms with van der Waals surface area (Å²) in [7, 11) is 0. The minimum atomic E-state index is -1.62. The molecule has 1 N–H and O–H groups in total. The molecule has 0 bridgehead atoms. The minimum Gasteiger partial charge on any atom is -0.372 e. The molecular weight excluding hydrogens is 286 g/mol. The first-order valence-electron chi connectivity index (χ1n) is 8.25. The second kappa shape index (κ2) is 6.55. The fourth-order valence-electron chi connectivity index (χ4n) is 3.21. The van der Waals surface area contributed by atoms with E-state index in [-0.39, 0.29) is 5.91 Å². The number of rotatable bonds is 3. The maximum atomic E-state index is 13.2. The van der Waals surface area contributed by atoms with Crippen LogP contribution in [-0.4, -0.2) is 29.0 Å². The molecule has 0 spiro atoms. The van der Waals surface area contributed by atoms with Crippen molar-refractivity contribution in [1.29, 1.82) is 0 Å². The molecule has 1 aliphatic rings. The molecule has 23 heavy (non-hydrogen) atoms. The highest BCUT2D eigenvalue weighted by atomic mass is 16.3. The van der Waals surface area contributed by atoms with Crippen molar-refractivity contribution >= 4 is 5.91 Å². The summed E-state index contributed by atoms with van der Waals surface area (Å²) in [5.74, 6) is 0.419. The molecule has 0 aromatic heterocycles. The van der Waals surface area contributed by atoms with Gasteiger partial charge in [0.05, 0.1) is 0 Å². The molecule has 120 valence electrons. The van der Waals surface area contributed by atoms with Gasteiger partial charge in [-0.2, -0.15) is 0 Å². The number of carbonyl (C=O) groups excluding carboxylic acids is 1. The van der Waals surface area contributed by atoms with E-state index in [1.54, 1.807) is 4.90 Å². The molecule has 3 rings (SSSR count). The summed E-state index contributed by atoms with van der Waals surface area (Å²) in [6, 6.07) is 18.5. The Labute approximate surface area is 137 Å². The Kier molecular flexibility index (Phi) is 4.49. The Morgan fingerprint density at radius 3 is 1.83 bits per heavy atom. The first-order valence-corrected chi connectivity index (χ1v) is 8.25. The van der Waals surface area contributed by atoms with Gasteiger partial charge in [-0.05, 0) is 29.9 Å². The molecule has 3 heteroatoms. The molecule has 3 nitrogen and oxygen atoms in total. The third-order valence-corrected chi connectivity index (χ3v) is 4.76. The van der Waals surface area contributed by atoms with Crippen molar-refractivity contribution < 1.29 is 9.90 Å². The summed E-state index contributed by atoms with van der Waals surface area (Å²) < 4.78 is 0. The second-order valence-corrected chi connectivity index (χ2v) is 6.42. The van der Waals surface area contributed by atoms with Crippen molar-refractivity contribution in [3.63, 3.8) is 0 Å². The van der Waals surface area contributed by atoms with Gasteiger partial charge in [0.15, 0.2) is 5.60 Å². The lowest BCUT2D eigenvalue weighted by Gasteiger charge is -2.37. The zero-order chi connectivity index (χ0) is 16.3. The lowest BCUT2D eigenvalue weighted by atomic mass is 9.84. The van der Waals surface area contributed by atoms with Gasteiger partial charge in [0.2, 0.25) is 0 Å². The quantitative estimate of drug-likeness (QED) is 0.946. The highest BCUT2D eigenvalue weighted by Crippen LogP contribution is 2.33. The van der Waals surface area contributed by atoms with Crippen LogP contribution in [0.2, 0.25) is 0 Å². The van der Waals surface area contributed by atoms with Crippen LogP contribution in [0.25, 0.3) is 0 Å². The van der Waals surface area contributed by atoms with Crippen LogP contribution in [0, 0.1) is 5.92 Å². The fourth-order valence-corrected chi connectivity index (χ4v) is 3.21. The zero-order valence-corrected chi connectivity index (χ0v) is 13.5. The van der Waals surface area contributed by atoms with Crippen molar-refractivity contribution in [1.82, 2.24) is 4.90 Å². The fraction of sp³-hybridized carbons (Fsp3) is 0.350. The monoisotopic (exact) mass is 309 g/mol. The van der Waals surface area contributed by atoms with E-state index < -0.39 is 5.60 Å². The van der Waals surface area contributed by atoms with Gasteiger partial charge in [-0.15, -0.1) is 0 Å². The Morgan fingerprint density at radius 1 is 0.957 bits per heavy atom. The number of hydrogen-bond donors (Lipinski definition) is 1. The van der Waals surface area contributed by atoms with Crippen molar-refractivity contribution in [2.75, 3.05) is 13.1 Å². The third kappa shape index (κ3) is 3.02. The van der Waals surface area contributed by atoms with E-state index in [0.717, 1.165) is 12.8 Å². The number of likely N-dealkylation sites (tertiary alicyclic amines) is 1. The largest absolute Gasteiger partial charge is 0.372 e. The molecular formula is C20H23NO2. The number of amides is 1. The molecule has 0 unspecified atom stereocenters. The minimum absolute atomic E-state index is 0.221. The smallest absolute Gasteiger partial charge is 0.263 e. The number of piperidine rings is 1. The lowest BCUT2D eigenvalue weighted by Crippen LogP contribution is -2.50. The molecule has 2 aromatic carbocycles. The van der Waals surface area contributed by atoms with Crippen molar-refractivity contribution in [2.24, 2.45) is 5.92 Å². The van der Waals surface area contributed by atoms with Gasteiger partial charge in [0.1, 0.15) is 0 Å². The Bertz CT molecular complexity index is 606. The summed E-state index contributed by atoms with van der Waals surface area (Å²) in [6.45, 7) is 3.63. The van der Waals surface area contributed by atoms with E-state index in [9.17, 15) is 9.90 Å². The first-order chi connectivity index (χ1) is 11.1. The predicted molar refractivity (Wildman–Crippen MR) is 90.9 cm³/mol. The third-order valence-electron chi connectivity index (χ3n) is 4.76. The van der Waals surface area contributed by atoms with Crippen LogP contribution >= 0.6 is 0 Å². The van der Waals surface area contributed by atoms with Crippen LogP contribution < -0.4 is 0 Å². The van der Waals surface area contributed by atoms with Gasteiger partial charge >= 0.3 is 0 Å². The lowest BCUT2D eigenvalue weighted by molar-refractivity contribution is -0.149. The molecule has 1 aliphatic heterocycles. The summed E-state index contributed by atoms with van der Waals surface area (Å²) in [6.07, 6.45) is 1.98.